The van der Waals surface area contributed by atoms with Crippen molar-refractivity contribution in [3.63, 3.8) is 0 Å². The van der Waals surface area contributed by atoms with Gasteiger partial charge < -0.3 is 4.74 Å². The van der Waals surface area contributed by atoms with Gasteiger partial charge in [-0.05, 0) is 52.0 Å². The van der Waals surface area contributed by atoms with Crippen LogP contribution in [0.4, 0.5) is 0 Å². The molecule has 0 unspecified atom stereocenters. The van der Waals surface area contributed by atoms with Crippen LogP contribution in [-0.4, -0.2) is 12.9 Å². The predicted octanol–water partition coefficient (Wildman–Crippen LogP) is 4.06. The van der Waals surface area contributed by atoms with E-state index >= 15 is 0 Å². The van der Waals surface area contributed by atoms with Gasteiger partial charge in [-0.1, -0.05) is 0 Å². The normalized spacial score (nSPS) is 10.3. The number of benzene rings is 1. The number of thiophene rings is 1. The monoisotopic (exact) mass is 310 g/mol. The van der Waals surface area contributed by atoms with Crippen LogP contribution in [0.25, 0.3) is 0 Å². The fourth-order valence-corrected chi connectivity index (χ4v) is 2.91. The average Bonchev–Trinajstić information content (AvgIpc) is 2.74. The van der Waals surface area contributed by atoms with E-state index in [0.717, 1.165) is 21.3 Å². The molecule has 0 aliphatic rings. The number of rotatable bonds is 3. The number of carbonyl (C=O) groups is 1. The van der Waals surface area contributed by atoms with Gasteiger partial charge in [-0.15, -0.1) is 0 Å². The highest BCUT2D eigenvalue weighted by atomic mass is 79.9. The van der Waals surface area contributed by atoms with Gasteiger partial charge in [0.05, 0.1) is 7.11 Å². The molecule has 0 saturated heterocycles. The van der Waals surface area contributed by atoms with Gasteiger partial charge in [-0.2, -0.15) is 11.3 Å². The quantitative estimate of drug-likeness (QED) is 0.799. The van der Waals surface area contributed by atoms with Crippen LogP contribution < -0.4 is 4.74 Å². The molecule has 0 aliphatic heterocycles. The Labute approximate surface area is 112 Å². The van der Waals surface area contributed by atoms with Crippen LogP contribution in [0.15, 0.2) is 33.4 Å². The van der Waals surface area contributed by atoms with Gasteiger partial charge in [0.15, 0.2) is 5.78 Å². The van der Waals surface area contributed by atoms with E-state index in [1.165, 1.54) is 0 Å². The van der Waals surface area contributed by atoms with Gasteiger partial charge in [0, 0.05) is 21.0 Å². The number of hydrogen-bond acceptors (Lipinski definition) is 3. The summed E-state index contributed by atoms with van der Waals surface area (Å²) in [7, 11) is 1.60. The van der Waals surface area contributed by atoms with Crippen molar-refractivity contribution in [3.05, 3.63) is 50.1 Å². The van der Waals surface area contributed by atoms with Gasteiger partial charge in [-0.3, -0.25) is 4.79 Å². The van der Waals surface area contributed by atoms with Crippen LogP contribution >= 0.6 is 27.3 Å². The number of ether oxygens (including phenoxy) is 1. The molecule has 0 spiro atoms. The molecule has 1 aromatic carbocycles. The average molecular weight is 311 g/mol. The van der Waals surface area contributed by atoms with Crippen molar-refractivity contribution >= 4 is 33.0 Å². The van der Waals surface area contributed by atoms with Crippen molar-refractivity contribution in [1.29, 1.82) is 0 Å². The number of methoxy groups -OCH3 is 1. The fourth-order valence-electron chi connectivity index (χ4n) is 1.55. The molecular weight excluding hydrogens is 300 g/mol. The predicted molar refractivity (Wildman–Crippen MR) is 73.2 cm³/mol. The van der Waals surface area contributed by atoms with Gasteiger partial charge in [0.2, 0.25) is 0 Å². The molecule has 0 atom stereocenters. The van der Waals surface area contributed by atoms with Crippen LogP contribution in [0.2, 0.25) is 0 Å². The summed E-state index contributed by atoms with van der Waals surface area (Å²) in [5.41, 5.74) is 2.44. The van der Waals surface area contributed by atoms with E-state index in [2.05, 4.69) is 15.9 Å². The Balaban J connectivity index is 2.41. The molecule has 0 amide bonds. The molecule has 0 fully saturated rings. The Morgan fingerprint density at radius 1 is 1.29 bits per heavy atom. The first-order chi connectivity index (χ1) is 8.13. The van der Waals surface area contributed by atoms with Crippen molar-refractivity contribution in [2.24, 2.45) is 0 Å². The molecule has 2 nitrogen and oxygen atoms in total. The van der Waals surface area contributed by atoms with Crippen LogP contribution in [0.1, 0.15) is 21.5 Å². The third kappa shape index (κ3) is 2.42. The number of halogens is 1. The molecule has 0 bridgehead atoms. The second-order valence-electron chi connectivity index (χ2n) is 3.64. The zero-order valence-electron chi connectivity index (χ0n) is 9.49. The Bertz CT molecular complexity index is 560. The molecule has 17 heavy (non-hydrogen) atoms. The third-order valence-corrected chi connectivity index (χ3v) is 4.04. The Morgan fingerprint density at radius 3 is 2.59 bits per heavy atom. The second-order valence-corrected chi connectivity index (χ2v) is 5.24. The molecular formula is C13H11BrO2S. The standard InChI is InChI=1S/C13H11BrO2S/c1-8-6-17-7-11(8)13(15)10-4-3-9(16-2)5-12(10)14/h3-7H,1-2H3. The van der Waals surface area contributed by atoms with Crippen molar-refractivity contribution in [2.45, 2.75) is 6.92 Å². The van der Waals surface area contributed by atoms with E-state index in [1.54, 1.807) is 36.6 Å². The summed E-state index contributed by atoms with van der Waals surface area (Å²) < 4.78 is 5.86. The first kappa shape index (κ1) is 12.3. The lowest BCUT2D eigenvalue weighted by Crippen LogP contribution is -2.02. The highest BCUT2D eigenvalue weighted by Gasteiger charge is 2.15. The zero-order valence-corrected chi connectivity index (χ0v) is 11.9. The molecule has 0 N–H and O–H groups in total. The molecule has 88 valence electrons. The van der Waals surface area contributed by atoms with E-state index in [4.69, 9.17) is 4.74 Å². The lowest BCUT2D eigenvalue weighted by molar-refractivity contribution is 0.103. The summed E-state index contributed by atoms with van der Waals surface area (Å²) in [5.74, 6) is 0.772. The molecule has 4 heteroatoms. The molecule has 0 radical (unpaired) electrons. The largest absolute Gasteiger partial charge is 0.497 e. The van der Waals surface area contributed by atoms with Crippen molar-refractivity contribution in [2.75, 3.05) is 7.11 Å². The third-order valence-electron chi connectivity index (χ3n) is 2.52. The summed E-state index contributed by atoms with van der Waals surface area (Å²) >= 11 is 4.94. The summed E-state index contributed by atoms with van der Waals surface area (Å²) in [6.45, 7) is 1.95. The van der Waals surface area contributed by atoms with Crippen LogP contribution in [0.5, 0.6) is 5.75 Å². The maximum Gasteiger partial charge on any atom is 0.195 e. The molecule has 2 aromatic rings. The maximum absolute atomic E-state index is 12.3. The number of carbonyl (C=O) groups excluding carboxylic acids is 1. The minimum atomic E-state index is 0.0401. The molecule has 0 saturated carbocycles. The number of ketones is 1. The van der Waals surface area contributed by atoms with Crippen LogP contribution in [0, 0.1) is 6.92 Å². The summed E-state index contributed by atoms with van der Waals surface area (Å²) in [5, 5.41) is 3.86. The van der Waals surface area contributed by atoms with E-state index in [1.807, 2.05) is 17.7 Å². The van der Waals surface area contributed by atoms with E-state index in [-0.39, 0.29) is 5.78 Å². The topological polar surface area (TPSA) is 26.3 Å². The number of hydrogen-bond donors (Lipinski definition) is 0. The van der Waals surface area contributed by atoms with Gasteiger partial charge in [0.25, 0.3) is 0 Å². The SMILES string of the molecule is COc1ccc(C(=O)c2cscc2C)c(Br)c1. The fraction of sp³-hybridized carbons (Fsp3) is 0.154. The lowest BCUT2D eigenvalue weighted by Gasteiger charge is -2.06. The molecule has 1 aromatic heterocycles. The summed E-state index contributed by atoms with van der Waals surface area (Å²) in [6.07, 6.45) is 0. The van der Waals surface area contributed by atoms with Gasteiger partial charge in [-0.25, -0.2) is 0 Å². The van der Waals surface area contributed by atoms with Crippen molar-refractivity contribution in [3.8, 4) is 5.75 Å². The highest BCUT2D eigenvalue weighted by molar-refractivity contribution is 9.10. The molecule has 1 heterocycles. The van der Waals surface area contributed by atoms with E-state index < -0.39 is 0 Å². The maximum atomic E-state index is 12.3. The first-order valence-corrected chi connectivity index (χ1v) is 6.78. The molecule has 0 aliphatic carbocycles. The number of aryl methyl sites for hydroxylation is 1. The summed E-state index contributed by atoms with van der Waals surface area (Å²) in [4.78, 5) is 12.3. The Morgan fingerprint density at radius 2 is 2.06 bits per heavy atom. The van der Waals surface area contributed by atoms with Gasteiger partial charge in [0.1, 0.15) is 5.75 Å². The lowest BCUT2D eigenvalue weighted by atomic mass is 10.0. The first-order valence-electron chi connectivity index (χ1n) is 5.04. The van der Waals surface area contributed by atoms with Gasteiger partial charge >= 0.3 is 0 Å². The van der Waals surface area contributed by atoms with E-state index in [9.17, 15) is 4.79 Å². The Kier molecular flexibility index (Phi) is 3.64. The summed E-state index contributed by atoms with van der Waals surface area (Å²) in [6, 6.07) is 5.37. The second kappa shape index (κ2) is 5.02. The van der Waals surface area contributed by atoms with Crippen LogP contribution in [-0.2, 0) is 0 Å². The Hall–Kier alpha value is -1.13. The zero-order chi connectivity index (χ0) is 12.4. The molecule has 2 rings (SSSR count). The van der Waals surface area contributed by atoms with Crippen LogP contribution in [0.3, 0.4) is 0 Å². The van der Waals surface area contributed by atoms with E-state index in [0.29, 0.717) is 5.56 Å². The minimum Gasteiger partial charge on any atom is -0.497 e. The highest BCUT2D eigenvalue weighted by Crippen LogP contribution is 2.26. The van der Waals surface area contributed by atoms with Crippen molar-refractivity contribution in [1.82, 2.24) is 0 Å². The smallest absolute Gasteiger partial charge is 0.195 e. The minimum absolute atomic E-state index is 0.0401. The van der Waals surface area contributed by atoms with Crippen molar-refractivity contribution < 1.29 is 9.53 Å².